The topological polar surface area (TPSA) is 49.3 Å². The Morgan fingerprint density at radius 2 is 1.88 bits per heavy atom. The van der Waals surface area contributed by atoms with E-state index < -0.39 is 0 Å². The number of anilines is 1. The fraction of sp³-hybridized carbons (Fsp3) is 0.423. The summed E-state index contributed by atoms with van der Waals surface area (Å²) in [5.41, 5.74) is 4.68. The number of pyridine rings is 1. The Labute approximate surface area is 188 Å². The fourth-order valence-corrected chi connectivity index (χ4v) is 5.32. The Balaban J connectivity index is 1.46. The number of fused-ring (bicyclic) bond motifs is 2. The number of nitrogens with one attached hydrogen (secondary N) is 1. The molecule has 1 aromatic carbocycles. The highest BCUT2D eigenvalue weighted by Gasteiger charge is 2.22. The van der Waals surface area contributed by atoms with Crippen LogP contribution in [0, 0.1) is 5.92 Å². The van der Waals surface area contributed by atoms with Gasteiger partial charge in [-0.05, 0) is 63.2 Å². The Morgan fingerprint density at radius 1 is 1.03 bits per heavy atom. The van der Waals surface area contributed by atoms with Gasteiger partial charge in [-0.2, -0.15) is 0 Å². The first kappa shape index (κ1) is 19.8. The lowest BCUT2D eigenvalue weighted by Crippen LogP contribution is -2.36. The highest BCUT2D eigenvalue weighted by atomic mass is 16.5. The summed E-state index contributed by atoms with van der Waals surface area (Å²) in [5, 5.41) is 2.48. The van der Waals surface area contributed by atoms with Crippen LogP contribution in [-0.4, -0.2) is 65.9 Å². The number of morpholine rings is 1. The maximum atomic E-state index is 5.63. The van der Waals surface area contributed by atoms with Crippen molar-refractivity contribution in [2.75, 3.05) is 51.3 Å². The molecular weight excluding hydrogens is 398 g/mol. The van der Waals surface area contributed by atoms with Crippen LogP contribution in [0.2, 0.25) is 0 Å². The average Bonchev–Trinajstić information content (AvgIpc) is 3.48. The summed E-state index contributed by atoms with van der Waals surface area (Å²) < 4.78 is 8.10. The quantitative estimate of drug-likeness (QED) is 0.524. The van der Waals surface area contributed by atoms with Gasteiger partial charge in [0.05, 0.1) is 24.4 Å². The van der Waals surface area contributed by atoms with Crippen molar-refractivity contribution < 1.29 is 4.74 Å². The molecule has 32 heavy (non-hydrogen) atoms. The Kier molecular flexibility index (Phi) is 5.12. The lowest BCUT2D eigenvalue weighted by molar-refractivity contribution is 0.122. The van der Waals surface area contributed by atoms with Gasteiger partial charge >= 0.3 is 0 Å². The van der Waals surface area contributed by atoms with Crippen LogP contribution >= 0.6 is 0 Å². The molecular formula is C26H31N5O. The molecule has 0 atom stereocenters. The molecule has 0 spiro atoms. The van der Waals surface area contributed by atoms with E-state index in [4.69, 9.17) is 9.72 Å². The summed E-state index contributed by atoms with van der Waals surface area (Å²) in [7, 11) is 2.23. The monoisotopic (exact) mass is 429 g/mol. The van der Waals surface area contributed by atoms with Crippen molar-refractivity contribution in [2.24, 2.45) is 5.92 Å². The molecule has 2 aliphatic rings. The number of benzene rings is 1. The van der Waals surface area contributed by atoms with Gasteiger partial charge in [0, 0.05) is 53.9 Å². The first-order valence-electron chi connectivity index (χ1n) is 11.8. The van der Waals surface area contributed by atoms with Gasteiger partial charge in [-0.1, -0.05) is 12.1 Å². The molecule has 0 saturated carbocycles. The van der Waals surface area contributed by atoms with Crippen LogP contribution in [0.4, 0.5) is 5.82 Å². The number of ether oxygens (including phenoxy) is 1. The summed E-state index contributed by atoms with van der Waals surface area (Å²) in [6, 6.07) is 13.2. The van der Waals surface area contributed by atoms with E-state index >= 15 is 0 Å². The molecule has 6 rings (SSSR count). The minimum Gasteiger partial charge on any atom is -0.378 e. The minimum atomic E-state index is 0.735. The third kappa shape index (κ3) is 3.57. The van der Waals surface area contributed by atoms with E-state index in [0.717, 1.165) is 55.8 Å². The van der Waals surface area contributed by atoms with Crippen LogP contribution < -0.4 is 4.90 Å². The van der Waals surface area contributed by atoms with Crippen LogP contribution in [0.3, 0.4) is 0 Å². The Bertz CT molecular complexity index is 1230. The van der Waals surface area contributed by atoms with Gasteiger partial charge in [0.25, 0.3) is 0 Å². The van der Waals surface area contributed by atoms with Crippen molar-refractivity contribution in [3.8, 4) is 11.3 Å². The molecule has 2 aliphatic heterocycles. The standard InChI is InChI=1S/C26H31N5O/c1-29-10-6-19(7-11-29)18-31-12-8-22-25(31)17-24(28-26(22)30-13-15-32-16-14-30)20-3-2-4-23-21(20)5-9-27-23/h2-5,8-9,12,17,19,27H,6-7,10-11,13-16,18H2,1H3. The second-order valence-electron chi connectivity index (χ2n) is 9.32. The minimum absolute atomic E-state index is 0.735. The van der Waals surface area contributed by atoms with E-state index in [-0.39, 0.29) is 0 Å². The number of rotatable bonds is 4. The van der Waals surface area contributed by atoms with E-state index in [9.17, 15) is 0 Å². The zero-order valence-corrected chi connectivity index (χ0v) is 18.8. The number of aromatic nitrogens is 3. The average molecular weight is 430 g/mol. The summed E-state index contributed by atoms with van der Waals surface area (Å²) in [6.07, 6.45) is 6.83. The van der Waals surface area contributed by atoms with Crippen LogP contribution in [-0.2, 0) is 11.3 Å². The van der Waals surface area contributed by atoms with E-state index in [1.807, 2.05) is 6.20 Å². The second kappa shape index (κ2) is 8.26. The number of piperidine rings is 1. The fourth-order valence-electron chi connectivity index (χ4n) is 5.32. The van der Waals surface area contributed by atoms with Gasteiger partial charge in [-0.25, -0.2) is 4.98 Å². The van der Waals surface area contributed by atoms with Gasteiger partial charge in [0.2, 0.25) is 0 Å². The van der Waals surface area contributed by atoms with Gasteiger partial charge in [-0.15, -0.1) is 0 Å². The van der Waals surface area contributed by atoms with E-state index in [1.165, 1.54) is 47.8 Å². The molecule has 2 fully saturated rings. The molecule has 0 radical (unpaired) electrons. The molecule has 4 aromatic rings. The normalized spacial score (nSPS) is 18.7. The zero-order valence-electron chi connectivity index (χ0n) is 18.8. The van der Waals surface area contributed by atoms with Crippen molar-refractivity contribution >= 4 is 27.6 Å². The highest BCUT2D eigenvalue weighted by molar-refractivity contribution is 5.99. The van der Waals surface area contributed by atoms with Crippen molar-refractivity contribution in [3.63, 3.8) is 0 Å². The predicted molar refractivity (Wildman–Crippen MR) is 130 cm³/mol. The van der Waals surface area contributed by atoms with E-state index in [2.05, 4.69) is 69.0 Å². The van der Waals surface area contributed by atoms with E-state index in [1.54, 1.807) is 0 Å². The van der Waals surface area contributed by atoms with Crippen LogP contribution in [0.15, 0.2) is 48.8 Å². The zero-order chi connectivity index (χ0) is 21.5. The number of hydrogen-bond acceptors (Lipinski definition) is 4. The summed E-state index contributed by atoms with van der Waals surface area (Å²) in [6.45, 7) is 6.78. The molecule has 3 aromatic heterocycles. The van der Waals surface area contributed by atoms with Crippen LogP contribution in [0.5, 0.6) is 0 Å². The first-order chi connectivity index (χ1) is 15.8. The van der Waals surface area contributed by atoms with Crippen LogP contribution in [0.1, 0.15) is 12.8 Å². The molecule has 6 nitrogen and oxygen atoms in total. The SMILES string of the molecule is CN1CCC(Cn2ccc3c(N4CCOCC4)nc(-c4cccc5[nH]ccc45)cc32)CC1. The first-order valence-corrected chi connectivity index (χ1v) is 11.8. The predicted octanol–water partition coefficient (Wildman–Crippen LogP) is 4.36. The van der Waals surface area contributed by atoms with Gasteiger partial charge < -0.3 is 24.1 Å². The number of aromatic amines is 1. The highest BCUT2D eigenvalue weighted by Crippen LogP contribution is 2.35. The molecule has 0 aliphatic carbocycles. The van der Waals surface area contributed by atoms with Crippen molar-refractivity contribution in [3.05, 3.63) is 48.8 Å². The smallest absolute Gasteiger partial charge is 0.138 e. The van der Waals surface area contributed by atoms with E-state index in [0.29, 0.717) is 0 Å². The molecule has 1 N–H and O–H groups in total. The van der Waals surface area contributed by atoms with Gasteiger partial charge in [0.1, 0.15) is 5.82 Å². The molecule has 5 heterocycles. The van der Waals surface area contributed by atoms with Gasteiger partial charge in [-0.3, -0.25) is 0 Å². The number of H-pyrrole nitrogens is 1. The third-order valence-corrected chi connectivity index (χ3v) is 7.22. The number of likely N-dealkylation sites (tertiary alicyclic amines) is 1. The molecule has 0 amide bonds. The van der Waals surface area contributed by atoms with Crippen molar-refractivity contribution in [1.29, 1.82) is 0 Å². The van der Waals surface area contributed by atoms with Crippen molar-refractivity contribution in [1.82, 2.24) is 19.4 Å². The molecule has 2 saturated heterocycles. The van der Waals surface area contributed by atoms with Crippen molar-refractivity contribution in [2.45, 2.75) is 19.4 Å². The summed E-state index contributed by atoms with van der Waals surface area (Å²) in [4.78, 5) is 13.4. The molecule has 0 bridgehead atoms. The maximum Gasteiger partial charge on any atom is 0.138 e. The number of nitrogens with zero attached hydrogens (tertiary/aromatic N) is 4. The largest absolute Gasteiger partial charge is 0.378 e. The lowest BCUT2D eigenvalue weighted by atomic mass is 9.97. The second-order valence-corrected chi connectivity index (χ2v) is 9.32. The molecule has 0 unspecified atom stereocenters. The lowest BCUT2D eigenvalue weighted by Gasteiger charge is -2.30. The maximum absolute atomic E-state index is 5.63. The Morgan fingerprint density at radius 3 is 2.72 bits per heavy atom. The van der Waals surface area contributed by atoms with Gasteiger partial charge in [0.15, 0.2) is 0 Å². The Hall–Kier alpha value is -2.83. The third-order valence-electron chi connectivity index (χ3n) is 7.22. The molecule has 6 heteroatoms. The summed E-state index contributed by atoms with van der Waals surface area (Å²) in [5.74, 6) is 1.83. The summed E-state index contributed by atoms with van der Waals surface area (Å²) >= 11 is 0. The molecule has 166 valence electrons. The number of hydrogen-bond donors (Lipinski definition) is 1. The van der Waals surface area contributed by atoms with Crippen LogP contribution in [0.25, 0.3) is 33.1 Å².